The van der Waals surface area contributed by atoms with Crippen LogP contribution in [0.5, 0.6) is 0 Å². The molecule has 0 saturated carbocycles. The van der Waals surface area contributed by atoms with Crippen molar-refractivity contribution in [3.05, 3.63) is 11.7 Å². The van der Waals surface area contributed by atoms with Gasteiger partial charge >= 0.3 is 0 Å². The molecule has 0 bridgehead atoms. The highest BCUT2D eigenvalue weighted by molar-refractivity contribution is 8.06. The Balaban J connectivity index is 2.05. The fourth-order valence-corrected chi connectivity index (χ4v) is 4.31. The van der Waals surface area contributed by atoms with E-state index in [0.29, 0.717) is 22.8 Å². The van der Waals surface area contributed by atoms with E-state index in [1.807, 2.05) is 23.5 Å². The van der Waals surface area contributed by atoms with E-state index < -0.39 is 6.10 Å². The molecule has 3 unspecified atom stereocenters. The molecule has 0 amide bonds. The second kappa shape index (κ2) is 5.42. The third-order valence-corrected chi connectivity index (χ3v) is 5.48. The van der Waals surface area contributed by atoms with E-state index in [1.165, 1.54) is 5.75 Å². The van der Waals surface area contributed by atoms with E-state index in [4.69, 9.17) is 4.52 Å². The van der Waals surface area contributed by atoms with Gasteiger partial charge in [-0.15, -0.1) is 11.8 Å². The molecular weight excluding hydrogens is 244 g/mol. The van der Waals surface area contributed by atoms with Gasteiger partial charge in [-0.05, 0) is 6.92 Å². The maximum Gasteiger partial charge on any atom is 0.229 e. The van der Waals surface area contributed by atoms with Gasteiger partial charge in [0.25, 0.3) is 0 Å². The third kappa shape index (κ3) is 2.93. The first-order chi connectivity index (χ1) is 7.66. The first-order valence-electron chi connectivity index (χ1n) is 5.40. The maximum atomic E-state index is 9.24. The van der Waals surface area contributed by atoms with Crippen molar-refractivity contribution in [1.82, 2.24) is 10.1 Å². The van der Waals surface area contributed by atoms with E-state index in [2.05, 4.69) is 17.1 Å². The lowest BCUT2D eigenvalue weighted by molar-refractivity contribution is 0.181. The van der Waals surface area contributed by atoms with Crippen molar-refractivity contribution in [2.24, 2.45) is 0 Å². The minimum Gasteiger partial charge on any atom is -0.393 e. The predicted octanol–water partition coefficient (Wildman–Crippen LogP) is 1.90. The van der Waals surface area contributed by atoms with Crippen LogP contribution in [0.25, 0.3) is 0 Å². The summed E-state index contributed by atoms with van der Waals surface area (Å²) in [7, 11) is 0. The number of hydrogen-bond acceptors (Lipinski definition) is 6. The molecule has 1 N–H and O–H groups in total. The first-order valence-corrected chi connectivity index (χ1v) is 7.50. The van der Waals surface area contributed by atoms with Crippen LogP contribution in [0.3, 0.4) is 0 Å². The lowest BCUT2D eigenvalue weighted by atomic mass is 10.3. The summed E-state index contributed by atoms with van der Waals surface area (Å²) in [5.74, 6) is 3.65. The minimum atomic E-state index is -0.431. The largest absolute Gasteiger partial charge is 0.393 e. The highest BCUT2D eigenvalue weighted by Gasteiger charge is 2.28. The van der Waals surface area contributed by atoms with E-state index in [9.17, 15) is 5.11 Å². The van der Waals surface area contributed by atoms with Crippen LogP contribution in [-0.2, 0) is 6.42 Å². The zero-order chi connectivity index (χ0) is 11.5. The van der Waals surface area contributed by atoms with E-state index >= 15 is 0 Å². The Bertz CT molecular complexity index is 343. The van der Waals surface area contributed by atoms with E-state index in [1.54, 1.807) is 6.92 Å². The van der Waals surface area contributed by atoms with Crippen molar-refractivity contribution >= 4 is 23.5 Å². The Kier molecular flexibility index (Phi) is 4.16. The Hall–Kier alpha value is -0.200. The molecular formula is C10H16N2O2S2. The molecule has 1 aliphatic heterocycles. The van der Waals surface area contributed by atoms with Crippen molar-refractivity contribution in [2.75, 3.05) is 11.5 Å². The average Bonchev–Trinajstić information content (AvgIpc) is 2.66. The van der Waals surface area contributed by atoms with Gasteiger partial charge in [-0.25, -0.2) is 0 Å². The normalized spacial score (nSPS) is 27.9. The van der Waals surface area contributed by atoms with Crippen molar-refractivity contribution in [3.63, 3.8) is 0 Å². The number of thioether (sulfide) groups is 2. The summed E-state index contributed by atoms with van der Waals surface area (Å²) in [6.45, 7) is 3.92. The molecule has 1 fully saturated rings. The zero-order valence-electron chi connectivity index (χ0n) is 9.42. The monoisotopic (exact) mass is 260 g/mol. The Morgan fingerprint density at radius 3 is 2.94 bits per heavy atom. The number of aromatic nitrogens is 2. The summed E-state index contributed by atoms with van der Waals surface area (Å²) in [5.41, 5.74) is 0. The van der Waals surface area contributed by atoms with Gasteiger partial charge in [0.15, 0.2) is 5.82 Å². The molecule has 1 aliphatic rings. The fourth-order valence-electron chi connectivity index (χ4n) is 1.64. The molecule has 2 rings (SSSR count). The van der Waals surface area contributed by atoms with Crippen LogP contribution in [0.15, 0.2) is 4.52 Å². The summed E-state index contributed by atoms with van der Waals surface area (Å²) >= 11 is 3.84. The lowest BCUT2D eigenvalue weighted by Gasteiger charge is -2.24. The van der Waals surface area contributed by atoms with Crippen molar-refractivity contribution < 1.29 is 9.63 Å². The Morgan fingerprint density at radius 2 is 2.25 bits per heavy atom. The smallest absolute Gasteiger partial charge is 0.229 e. The number of aliphatic hydroxyl groups excluding tert-OH is 1. The van der Waals surface area contributed by atoms with Crippen LogP contribution in [0.1, 0.15) is 30.8 Å². The molecule has 1 aromatic heterocycles. The van der Waals surface area contributed by atoms with Gasteiger partial charge < -0.3 is 9.63 Å². The van der Waals surface area contributed by atoms with Crippen LogP contribution in [0.4, 0.5) is 0 Å². The van der Waals surface area contributed by atoms with E-state index in [-0.39, 0.29) is 0 Å². The molecule has 0 aliphatic carbocycles. The van der Waals surface area contributed by atoms with Crippen LogP contribution in [0.2, 0.25) is 0 Å². The molecule has 4 nitrogen and oxygen atoms in total. The minimum absolute atomic E-state index is 0.324. The van der Waals surface area contributed by atoms with Gasteiger partial charge in [0.2, 0.25) is 5.89 Å². The molecule has 1 saturated heterocycles. The second-order valence-corrected chi connectivity index (χ2v) is 6.70. The molecule has 0 spiro atoms. The van der Waals surface area contributed by atoms with Gasteiger partial charge in [0.05, 0.1) is 17.8 Å². The number of aliphatic hydroxyl groups is 1. The van der Waals surface area contributed by atoms with Gasteiger partial charge in [-0.2, -0.15) is 16.7 Å². The van der Waals surface area contributed by atoms with Crippen molar-refractivity contribution in [1.29, 1.82) is 0 Å². The fraction of sp³-hybridized carbons (Fsp3) is 0.800. The van der Waals surface area contributed by atoms with E-state index in [0.717, 1.165) is 11.6 Å². The molecule has 90 valence electrons. The second-order valence-electron chi connectivity index (χ2n) is 3.97. The van der Waals surface area contributed by atoms with Gasteiger partial charge in [-0.3, -0.25) is 0 Å². The quantitative estimate of drug-likeness (QED) is 0.896. The molecule has 16 heavy (non-hydrogen) atoms. The molecule has 1 aromatic rings. The lowest BCUT2D eigenvalue weighted by Crippen LogP contribution is -2.17. The third-order valence-electron chi connectivity index (χ3n) is 2.40. The van der Waals surface area contributed by atoms with Gasteiger partial charge in [0.1, 0.15) is 0 Å². The van der Waals surface area contributed by atoms with Crippen LogP contribution in [0, 0.1) is 0 Å². The number of rotatable bonds is 3. The number of nitrogens with zero attached hydrogens (tertiary/aromatic N) is 2. The molecule has 2 heterocycles. The maximum absolute atomic E-state index is 9.24. The zero-order valence-corrected chi connectivity index (χ0v) is 11.1. The van der Waals surface area contributed by atoms with Crippen molar-refractivity contribution in [2.45, 2.75) is 36.9 Å². The highest BCUT2D eigenvalue weighted by atomic mass is 32.2. The van der Waals surface area contributed by atoms with Gasteiger partial charge in [0, 0.05) is 16.8 Å². The standard InChI is InChI=1S/C10H16N2O2S2/c1-6(13)5-8-11-10(12-14-8)9-7(2)15-3-4-16-9/h6-7,9,13H,3-5H2,1-2H3. The molecule has 0 aromatic carbocycles. The molecule has 3 atom stereocenters. The van der Waals surface area contributed by atoms with Gasteiger partial charge in [-0.1, -0.05) is 12.1 Å². The topological polar surface area (TPSA) is 59.2 Å². The Morgan fingerprint density at radius 1 is 1.50 bits per heavy atom. The Labute approximate surface area is 104 Å². The first kappa shape index (κ1) is 12.3. The summed E-state index contributed by atoms with van der Waals surface area (Å²) in [6.07, 6.45) is 0.00504. The van der Waals surface area contributed by atoms with Crippen LogP contribution >= 0.6 is 23.5 Å². The predicted molar refractivity (Wildman–Crippen MR) is 66.8 cm³/mol. The van der Waals surface area contributed by atoms with Crippen LogP contribution < -0.4 is 0 Å². The SMILES string of the molecule is CC(O)Cc1nc(C2SCCSC2C)no1. The molecule has 0 radical (unpaired) electrons. The summed E-state index contributed by atoms with van der Waals surface area (Å²) in [5, 5.41) is 14.1. The molecule has 6 heteroatoms. The van der Waals surface area contributed by atoms with Crippen LogP contribution in [-0.4, -0.2) is 38.1 Å². The number of hydrogen-bond donors (Lipinski definition) is 1. The summed E-state index contributed by atoms with van der Waals surface area (Å²) in [6, 6.07) is 0. The summed E-state index contributed by atoms with van der Waals surface area (Å²) < 4.78 is 5.13. The highest BCUT2D eigenvalue weighted by Crippen LogP contribution is 2.41. The van der Waals surface area contributed by atoms with Crippen molar-refractivity contribution in [3.8, 4) is 0 Å². The average molecular weight is 260 g/mol. The summed E-state index contributed by atoms with van der Waals surface area (Å²) in [4.78, 5) is 4.35.